The van der Waals surface area contributed by atoms with Crippen LogP contribution in [0.15, 0.2) is 60.0 Å². The third-order valence-electron chi connectivity index (χ3n) is 4.82. The molecule has 0 radical (unpaired) electrons. The maximum Gasteiger partial charge on any atom is 0.256 e. The second-order valence-electron chi connectivity index (χ2n) is 7.24. The maximum atomic E-state index is 12.9. The first-order valence-corrected chi connectivity index (χ1v) is 11.8. The average molecular weight is 449 g/mol. The van der Waals surface area contributed by atoms with E-state index in [9.17, 15) is 4.79 Å². The van der Waals surface area contributed by atoms with E-state index in [0.29, 0.717) is 11.5 Å². The van der Waals surface area contributed by atoms with Gasteiger partial charge in [-0.2, -0.15) is 0 Å². The number of benzene rings is 1. The number of carbonyl (C=O) groups is 1. The zero-order valence-electron chi connectivity index (χ0n) is 17.7. The summed E-state index contributed by atoms with van der Waals surface area (Å²) in [6.07, 6.45) is 0.899. The molecule has 7 heteroatoms. The van der Waals surface area contributed by atoms with Crippen molar-refractivity contribution < 1.29 is 4.79 Å². The van der Waals surface area contributed by atoms with Crippen LogP contribution in [-0.4, -0.2) is 15.9 Å². The van der Waals surface area contributed by atoms with Crippen molar-refractivity contribution in [2.75, 3.05) is 10.6 Å². The van der Waals surface area contributed by atoms with E-state index in [1.165, 1.54) is 4.88 Å². The minimum atomic E-state index is -0.163. The van der Waals surface area contributed by atoms with Gasteiger partial charge < -0.3 is 10.6 Å². The molecule has 0 saturated carbocycles. The van der Waals surface area contributed by atoms with Gasteiger partial charge in [-0.05, 0) is 56.0 Å². The summed E-state index contributed by atoms with van der Waals surface area (Å²) in [7, 11) is 0. The molecule has 4 rings (SSSR count). The number of nitrogens with zero attached hydrogens (tertiary/aromatic N) is 2. The van der Waals surface area contributed by atoms with Crippen LogP contribution in [0.1, 0.15) is 50.0 Å². The van der Waals surface area contributed by atoms with Gasteiger partial charge in [0.1, 0.15) is 5.00 Å². The number of carbonyl (C=O) groups excluding carboxylic acids is 1. The Balaban J connectivity index is 1.72. The van der Waals surface area contributed by atoms with Gasteiger partial charge in [-0.1, -0.05) is 31.2 Å². The molecule has 0 spiro atoms. The highest BCUT2D eigenvalue weighted by Gasteiger charge is 2.24. The van der Waals surface area contributed by atoms with E-state index in [1.807, 2.05) is 56.3 Å². The second-order valence-corrected chi connectivity index (χ2v) is 9.35. The van der Waals surface area contributed by atoms with E-state index >= 15 is 0 Å². The van der Waals surface area contributed by atoms with Gasteiger partial charge in [0.25, 0.3) is 5.91 Å². The standard InChI is InChI=1S/C24H24N4OS2/c1-4-18-14-19(23(31-18)28-22(29)17-9-6-5-7-10-17)21(20-11-8-12-30-20)27-24-25-15(2)13-16(3)26-24/h5-14,21H,4H2,1-3H3,(H,28,29)(H,25,26,27)/t21-/m0/s1. The fourth-order valence-corrected chi connectivity index (χ4v) is 5.21. The van der Waals surface area contributed by atoms with E-state index in [0.717, 1.165) is 33.3 Å². The summed E-state index contributed by atoms with van der Waals surface area (Å²) in [6, 6.07) is 17.4. The molecule has 2 N–H and O–H groups in total. The fraction of sp³-hybridized carbons (Fsp3) is 0.208. The van der Waals surface area contributed by atoms with E-state index in [-0.39, 0.29) is 11.9 Å². The van der Waals surface area contributed by atoms with Crippen molar-refractivity contribution in [3.05, 3.63) is 92.2 Å². The SMILES string of the molecule is CCc1cc([C@H](Nc2nc(C)cc(C)n2)c2cccs2)c(NC(=O)c2ccccc2)s1. The molecule has 3 aromatic heterocycles. The zero-order chi connectivity index (χ0) is 21.8. The van der Waals surface area contributed by atoms with E-state index in [2.05, 4.69) is 45.0 Å². The zero-order valence-corrected chi connectivity index (χ0v) is 19.3. The largest absolute Gasteiger partial charge is 0.342 e. The quantitative estimate of drug-likeness (QED) is 0.351. The summed E-state index contributed by atoms with van der Waals surface area (Å²) < 4.78 is 0. The van der Waals surface area contributed by atoms with Crippen LogP contribution in [0, 0.1) is 13.8 Å². The molecule has 1 atom stereocenters. The maximum absolute atomic E-state index is 12.9. The van der Waals surface area contributed by atoms with Gasteiger partial charge in [-0.3, -0.25) is 4.79 Å². The summed E-state index contributed by atoms with van der Waals surface area (Å²) in [4.78, 5) is 24.4. The molecule has 4 aromatic rings. The smallest absolute Gasteiger partial charge is 0.256 e. The minimum Gasteiger partial charge on any atom is -0.342 e. The lowest BCUT2D eigenvalue weighted by Gasteiger charge is -2.19. The molecule has 0 aliphatic carbocycles. The Morgan fingerprint density at radius 1 is 1.03 bits per heavy atom. The number of hydrogen-bond donors (Lipinski definition) is 2. The molecule has 0 aliphatic heterocycles. The highest BCUT2D eigenvalue weighted by Crippen LogP contribution is 2.39. The molecule has 5 nitrogen and oxygen atoms in total. The number of amides is 1. The van der Waals surface area contributed by atoms with E-state index in [4.69, 9.17) is 0 Å². The van der Waals surface area contributed by atoms with Gasteiger partial charge in [0.15, 0.2) is 0 Å². The summed E-state index contributed by atoms with van der Waals surface area (Å²) >= 11 is 3.29. The number of aryl methyl sites for hydroxylation is 3. The topological polar surface area (TPSA) is 66.9 Å². The molecule has 0 bridgehead atoms. The first-order chi connectivity index (χ1) is 15.0. The highest BCUT2D eigenvalue weighted by molar-refractivity contribution is 7.16. The molecular weight excluding hydrogens is 424 g/mol. The van der Waals surface area contributed by atoms with Gasteiger partial charge in [0.05, 0.1) is 6.04 Å². The third kappa shape index (κ3) is 5.00. The normalized spacial score (nSPS) is 11.8. The van der Waals surface area contributed by atoms with Crippen molar-refractivity contribution in [3.8, 4) is 0 Å². The van der Waals surface area contributed by atoms with Gasteiger partial charge in [-0.25, -0.2) is 9.97 Å². The number of anilines is 2. The predicted octanol–water partition coefficient (Wildman–Crippen LogP) is 6.23. The fourth-order valence-electron chi connectivity index (χ4n) is 3.39. The van der Waals surface area contributed by atoms with E-state index < -0.39 is 0 Å². The van der Waals surface area contributed by atoms with Crippen molar-refractivity contribution in [1.29, 1.82) is 0 Å². The molecule has 158 valence electrons. The molecule has 0 saturated heterocycles. The van der Waals surface area contributed by atoms with E-state index in [1.54, 1.807) is 22.7 Å². The van der Waals surface area contributed by atoms with Gasteiger partial charge >= 0.3 is 0 Å². The van der Waals surface area contributed by atoms with Crippen LogP contribution in [0.4, 0.5) is 10.9 Å². The number of rotatable bonds is 7. The van der Waals surface area contributed by atoms with Crippen molar-refractivity contribution in [2.24, 2.45) is 0 Å². The summed E-state index contributed by atoms with van der Waals surface area (Å²) in [5, 5.41) is 9.56. The first-order valence-electron chi connectivity index (χ1n) is 10.1. The first kappa shape index (κ1) is 21.2. The van der Waals surface area contributed by atoms with Crippen molar-refractivity contribution in [2.45, 2.75) is 33.2 Å². The number of thiophene rings is 2. The number of hydrogen-bond acceptors (Lipinski definition) is 6. The van der Waals surface area contributed by atoms with Gasteiger partial charge in [0.2, 0.25) is 5.95 Å². The third-order valence-corrected chi connectivity index (χ3v) is 6.97. The summed E-state index contributed by atoms with van der Waals surface area (Å²) in [6.45, 7) is 6.05. The predicted molar refractivity (Wildman–Crippen MR) is 129 cm³/mol. The molecule has 0 aliphatic rings. The Hall–Kier alpha value is -3.03. The molecule has 0 fully saturated rings. The molecule has 31 heavy (non-hydrogen) atoms. The van der Waals surface area contributed by atoms with Crippen LogP contribution >= 0.6 is 22.7 Å². The highest BCUT2D eigenvalue weighted by atomic mass is 32.1. The summed E-state index contributed by atoms with van der Waals surface area (Å²) in [5.41, 5.74) is 3.49. The molecule has 1 amide bonds. The number of aromatic nitrogens is 2. The minimum absolute atomic E-state index is 0.112. The number of nitrogens with one attached hydrogen (secondary N) is 2. The monoisotopic (exact) mass is 448 g/mol. The Bertz CT molecular complexity index is 1150. The van der Waals surface area contributed by atoms with Crippen LogP contribution in [0.3, 0.4) is 0 Å². The van der Waals surface area contributed by atoms with Crippen LogP contribution in [0.2, 0.25) is 0 Å². The Morgan fingerprint density at radius 3 is 2.42 bits per heavy atom. The van der Waals surface area contributed by atoms with Gasteiger partial charge in [-0.15, -0.1) is 22.7 Å². The Morgan fingerprint density at radius 2 is 1.77 bits per heavy atom. The second kappa shape index (κ2) is 9.41. The van der Waals surface area contributed by atoms with Gasteiger partial charge in [0, 0.05) is 32.3 Å². The molecule has 1 aromatic carbocycles. The van der Waals surface area contributed by atoms with Crippen molar-refractivity contribution in [1.82, 2.24) is 9.97 Å². The van der Waals surface area contributed by atoms with Crippen molar-refractivity contribution >= 4 is 39.5 Å². The Kier molecular flexibility index (Phi) is 6.44. The Labute approximate surface area is 190 Å². The van der Waals surface area contributed by atoms with Crippen LogP contribution < -0.4 is 10.6 Å². The lowest BCUT2D eigenvalue weighted by molar-refractivity contribution is 0.102. The molecular formula is C24H24N4OS2. The molecule has 3 heterocycles. The lowest BCUT2D eigenvalue weighted by atomic mass is 10.1. The molecule has 0 unspecified atom stereocenters. The average Bonchev–Trinajstić information content (AvgIpc) is 3.42. The van der Waals surface area contributed by atoms with Crippen LogP contribution in [0.5, 0.6) is 0 Å². The summed E-state index contributed by atoms with van der Waals surface area (Å²) in [5.74, 6) is 0.472. The van der Waals surface area contributed by atoms with Crippen LogP contribution in [-0.2, 0) is 6.42 Å². The van der Waals surface area contributed by atoms with Crippen LogP contribution in [0.25, 0.3) is 0 Å². The van der Waals surface area contributed by atoms with Crippen molar-refractivity contribution in [3.63, 3.8) is 0 Å². The lowest BCUT2D eigenvalue weighted by Crippen LogP contribution is -2.17.